The molecule has 0 bridgehead atoms. The quantitative estimate of drug-likeness (QED) is 0.796. The van der Waals surface area contributed by atoms with Crippen LogP contribution in [0.4, 0.5) is 0 Å². The van der Waals surface area contributed by atoms with Gasteiger partial charge in [-0.1, -0.05) is 11.6 Å². The van der Waals surface area contributed by atoms with Gasteiger partial charge in [0.05, 0.1) is 6.61 Å². The van der Waals surface area contributed by atoms with E-state index in [1.807, 2.05) is 25.1 Å². The molecule has 0 amide bonds. The third-order valence-electron chi connectivity index (χ3n) is 2.74. The van der Waals surface area contributed by atoms with E-state index in [0.29, 0.717) is 6.61 Å². The second-order valence-electron chi connectivity index (χ2n) is 4.02. The molecule has 17 heavy (non-hydrogen) atoms. The second-order valence-corrected chi connectivity index (χ2v) is 4.02. The molecule has 1 heterocycles. The Balaban J connectivity index is 2.41. The molecule has 0 radical (unpaired) electrons. The Bertz CT molecular complexity index is 545. The second kappa shape index (κ2) is 4.59. The van der Waals surface area contributed by atoms with Crippen molar-refractivity contribution >= 4 is 16.9 Å². The standard InChI is InChI=1S/C13H16N2O2/c1-3-17-13(16)12(14)10-7-15-11-5-4-8(2)6-9(10)11/h4-7,12,15H,3,14H2,1-2H3/t12-/m0/s1. The van der Waals surface area contributed by atoms with Crippen molar-refractivity contribution in [3.63, 3.8) is 0 Å². The highest BCUT2D eigenvalue weighted by Gasteiger charge is 2.20. The van der Waals surface area contributed by atoms with Gasteiger partial charge in [-0.3, -0.25) is 0 Å². The van der Waals surface area contributed by atoms with Crippen molar-refractivity contribution in [3.8, 4) is 0 Å². The van der Waals surface area contributed by atoms with Crippen LogP contribution in [0.1, 0.15) is 24.1 Å². The van der Waals surface area contributed by atoms with Crippen LogP contribution in [0.15, 0.2) is 24.4 Å². The molecule has 90 valence electrons. The smallest absolute Gasteiger partial charge is 0.327 e. The molecular formula is C13H16N2O2. The highest BCUT2D eigenvalue weighted by atomic mass is 16.5. The summed E-state index contributed by atoms with van der Waals surface area (Å²) in [6.07, 6.45) is 1.77. The van der Waals surface area contributed by atoms with E-state index in [1.54, 1.807) is 13.1 Å². The molecule has 0 saturated heterocycles. The molecule has 0 fully saturated rings. The predicted molar refractivity (Wildman–Crippen MR) is 66.6 cm³/mol. The summed E-state index contributed by atoms with van der Waals surface area (Å²) in [4.78, 5) is 14.7. The lowest BCUT2D eigenvalue weighted by Gasteiger charge is -2.09. The van der Waals surface area contributed by atoms with Gasteiger partial charge in [0.2, 0.25) is 0 Å². The van der Waals surface area contributed by atoms with E-state index >= 15 is 0 Å². The molecule has 2 aromatic rings. The number of benzene rings is 1. The number of nitrogens with one attached hydrogen (secondary N) is 1. The fraction of sp³-hybridized carbons (Fsp3) is 0.308. The number of nitrogens with two attached hydrogens (primary N) is 1. The van der Waals surface area contributed by atoms with E-state index in [9.17, 15) is 4.79 Å². The number of aryl methyl sites for hydroxylation is 1. The number of carbonyl (C=O) groups is 1. The Morgan fingerprint density at radius 2 is 2.29 bits per heavy atom. The van der Waals surface area contributed by atoms with Gasteiger partial charge in [0.25, 0.3) is 0 Å². The lowest BCUT2D eigenvalue weighted by Crippen LogP contribution is -2.23. The average Bonchev–Trinajstić information content (AvgIpc) is 2.71. The zero-order valence-corrected chi connectivity index (χ0v) is 9.99. The minimum Gasteiger partial charge on any atom is -0.465 e. The van der Waals surface area contributed by atoms with E-state index in [1.165, 1.54) is 0 Å². The van der Waals surface area contributed by atoms with Gasteiger partial charge in [0, 0.05) is 22.7 Å². The summed E-state index contributed by atoms with van der Waals surface area (Å²) in [7, 11) is 0. The summed E-state index contributed by atoms with van der Waals surface area (Å²) < 4.78 is 4.93. The van der Waals surface area contributed by atoms with Crippen molar-refractivity contribution in [2.75, 3.05) is 6.61 Å². The van der Waals surface area contributed by atoms with Crippen molar-refractivity contribution in [3.05, 3.63) is 35.5 Å². The zero-order chi connectivity index (χ0) is 12.4. The fourth-order valence-electron chi connectivity index (χ4n) is 1.87. The molecule has 4 heteroatoms. The van der Waals surface area contributed by atoms with Crippen molar-refractivity contribution in [2.45, 2.75) is 19.9 Å². The number of aromatic amines is 1. The third-order valence-corrected chi connectivity index (χ3v) is 2.74. The molecule has 0 spiro atoms. The maximum absolute atomic E-state index is 11.6. The normalized spacial score (nSPS) is 12.6. The maximum Gasteiger partial charge on any atom is 0.327 e. The number of H-pyrrole nitrogens is 1. The molecule has 3 N–H and O–H groups in total. The molecule has 1 aromatic carbocycles. The molecule has 1 atom stereocenters. The van der Waals surface area contributed by atoms with Crippen LogP contribution in [0.5, 0.6) is 0 Å². The van der Waals surface area contributed by atoms with Crippen LogP contribution in [-0.2, 0) is 9.53 Å². The maximum atomic E-state index is 11.6. The van der Waals surface area contributed by atoms with Gasteiger partial charge in [-0.05, 0) is 26.0 Å². The van der Waals surface area contributed by atoms with Crippen LogP contribution in [0.25, 0.3) is 10.9 Å². The molecule has 0 aliphatic carbocycles. The van der Waals surface area contributed by atoms with Crippen molar-refractivity contribution in [1.82, 2.24) is 4.98 Å². The Labute approximate surface area is 99.8 Å². The third kappa shape index (κ3) is 2.17. The van der Waals surface area contributed by atoms with Gasteiger partial charge in [-0.15, -0.1) is 0 Å². The van der Waals surface area contributed by atoms with E-state index in [0.717, 1.165) is 22.0 Å². The topological polar surface area (TPSA) is 68.1 Å². The number of carbonyl (C=O) groups excluding carboxylic acids is 1. The van der Waals surface area contributed by atoms with Gasteiger partial charge < -0.3 is 15.5 Å². The highest BCUT2D eigenvalue weighted by molar-refractivity contribution is 5.89. The summed E-state index contributed by atoms with van der Waals surface area (Å²) in [6.45, 7) is 4.12. The van der Waals surface area contributed by atoms with Crippen LogP contribution in [0.3, 0.4) is 0 Å². The van der Waals surface area contributed by atoms with Gasteiger partial charge >= 0.3 is 5.97 Å². The molecule has 4 nitrogen and oxygen atoms in total. The molecule has 0 saturated carbocycles. The largest absolute Gasteiger partial charge is 0.465 e. The number of hydrogen-bond donors (Lipinski definition) is 2. The summed E-state index contributed by atoms with van der Waals surface area (Å²) >= 11 is 0. The van der Waals surface area contributed by atoms with E-state index in [-0.39, 0.29) is 0 Å². The minimum absolute atomic E-state index is 0.341. The zero-order valence-electron chi connectivity index (χ0n) is 9.99. The van der Waals surface area contributed by atoms with Crippen LogP contribution in [0.2, 0.25) is 0 Å². The summed E-state index contributed by atoms with van der Waals surface area (Å²) in [5.41, 5.74) is 8.78. The number of ether oxygens (including phenoxy) is 1. The lowest BCUT2D eigenvalue weighted by atomic mass is 10.1. The Morgan fingerprint density at radius 1 is 1.53 bits per heavy atom. The lowest BCUT2D eigenvalue weighted by molar-refractivity contribution is -0.144. The summed E-state index contributed by atoms with van der Waals surface area (Å²) in [6, 6.07) is 5.27. The number of hydrogen-bond acceptors (Lipinski definition) is 3. The van der Waals surface area contributed by atoms with Crippen LogP contribution in [-0.4, -0.2) is 17.6 Å². The SMILES string of the molecule is CCOC(=O)[C@@H](N)c1c[nH]c2ccc(C)cc12. The van der Waals surface area contributed by atoms with Crippen LogP contribution >= 0.6 is 0 Å². The summed E-state index contributed by atoms with van der Waals surface area (Å²) in [5.74, 6) is -0.394. The first-order chi connectivity index (χ1) is 8.13. The Morgan fingerprint density at radius 3 is 3.00 bits per heavy atom. The number of rotatable bonds is 3. The van der Waals surface area contributed by atoms with Crippen LogP contribution in [0, 0.1) is 6.92 Å². The van der Waals surface area contributed by atoms with Gasteiger partial charge in [-0.25, -0.2) is 4.79 Å². The number of esters is 1. The monoisotopic (exact) mass is 232 g/mol. The first-order valence-electron chi connectivity index (χ1n) is 5.63. The van der Waals surface area contributed by atoms with Crippen molar-refractivity contribution in [1.29, 1.82) is 0 Å². The van der Waals surface area contributed by atoms with E-state index in [2.05, 4.69) is 4.98 Å². The van der Waals surface area contributed by atoms with Gasteiger partial charge in [-0.2, -0.15) is 0 Å². The van der Waals surface area contributed by atoms with Gasteiger partial charge in [0.1, 0.15) is 6.04 Å². The Hall–Kier alpha value is -1.81. The number of aromatic nitrogens is 1. The van der Waals surface area contributed by atoms with E-state index < -0.39 is 12.0 Å². The average molecular weight is 232 g/mol. The first kappa shape index (κ1) is 11.7. The summed E-state index contributed by atoms with van der Waals surface area (Å²) in [5, 5.41) is 0.977. The Kier molecular flexibility index (Phi) is 3.15. The van der Waals surface area contributed by atoms with Crippen LogP contribution < -0.4 is 5.73 Å². The molecule has 0 aliphatic rings. The molecular weight excluding hydrogens is 216 g/mol. The van der Waals surface area contributed by atoms with Crippen molar-refractivity contribution < 1.29 is 9.53 Å². The fourth-order valence-corrected chi connectivity index (χ4v) is 1.87. The molecule has 0 aliphatic heterocycles. The predicted octanol–water partition coefficient (Wildman–Crippen LogP) is 2.04. The van der Waals surface area contributed by atoms with Crippen molar-refractivity contribution in [2.24, 2.45) is 5.73 Å². The highest BCUT2D eigenvalue weighted by Crippen LogP contribution is 2.24. The molecule has 1 aromatic heterocycles. The first-order valence-corrected chi connectivity index (χ1v) is 5.63. The van der Waals surface area contributed by atoms with Gasteiger partial charge in [0.15, 0.2) is 0 Å². The molecule has 0 unspecified atom stereocenters. The number of fused-ring (bicyclic) bond motifs is 1. The minimum atomic E-state index is -0.731. The molecule has 2 rings (SSSR count). The van der Waals surface area contributed by atoms with E-state index in [4.69, 9.17) is 10.5 Å².